The second-order valence-corrected chi connectivity index (χ2v) is 9.79. The van der Waals surface area contributed by atoms with E-state index in [0.717, 1.165) is 40.0 Å². The zero-order chi connectivity index (χ0) is 25.7. The highest BCUT2D eigenvalue weighted by Crippen LogP contribution is 2.31. The van der Waals surface area contributed by atoms with Crippen LogP contribution in [-0.4, -0.2) is 22.4 Å². The normalized spacial score (nSPS) is 11.1. The van der Waals surface area contributed by atoms with Gasteiger partial charge in [0, 0.05) is 23.2 Å². The van der Waals surface area contributed by atoms with E-state index in [4.69, 9.17) is 9.97 Å². The van der Waals surface area contributed by atoms with Crippen molar-refractivity contribution < 1.29 is 4.79 Å². The van der Waals surface area contributed by atoms with Gasteiger partial charge in [0.15, 0.2) is 0 Å². The maximum absolute atomic E-state index is 12.8. The van der Waals surface area contributed by atoms with Gasteiger partial charge in [-0.1, -0.05) is 125 Å². The van der Waals surface area contributed by atoms with Crippen LogP contribution < -0.4 is 5.32 Å². The highest BCUT2D eigenvalue weighted by molar-refractivity contribution is 5.98. The van der Waals surface area contributed by atoms with Crippen LogP contribution in [0.4, 0.5) is 0 Å². The number of amides is 1. The fourth-order valence-electron chi connectivity index (χ4n) is 4.71. The summed E-state index contributed by atoms with van der Waals surface area (Å²) in [5, 5.41) is 3.09. The van der Waals surface area contributed by atoms with E-state index in [1.54, 1.807) is 0 Å². The van der Waals surface area contributed by atoms with Gasteiger partial charge < -0.3 is 5.32 Å². The summed E-state index contributed by atoms with van der Waals surface area (Å²) in [5.41, 5.74) is 5.83. The number of nitrogens with one attached hydrogen (secondary N) is 1. The minimum atomic E-state index is -0.0481. The molecule has 4 rings (SSSR count). The summed E-state index contributed by atoms with van der Waals surface area (Å²) >= 11 is 0. The molecule has 0 saturated carbocycles. The largest absolute Gasteiger partial charge is 0.352 e. The van der Waals surface area contributed by atoms with E-state index in [1.165, 1.54) is 57.8 Å². The van der Waals surface area contributed by atoms with Crippen molar-refractivity contribution in [2.75, 3.05) is 6.54 Å². The quantitative estimate of drug-likeness (QED) is 0.179. The molecular weight excluding hydrogens is 454 g/mol. The monoisotopic (exact) mass is 493 g/mol. The third-order valence-electron chi connectivity index (χ3n) is 6.84. The van der Waals surface area contributed by atoms with E-state index >= 15 is 0 Å². The van der Waals surface area contributed by atoms with Crippen molar-refractivity contribution >= 4 is 16.9 Å². The third-order valence-corrected chi connectivity index (χ3v) is 6.84. The van der Waals surface area contributed by atoms with E-state index in [0.29, 0.717) is 12.1 Å². The molecule has 3 aromatic carbocycles. The first-order valence-corrected chi connectivity index (χ1v) is 14.0. The minimum absolute atomic E-state index is 0.0481. The summed E-state index contributed by atoms with van der Waals surface area (Å²) in [6, 6.07) is 25.8. The lowest BCUT2D eigenvalue weighted by molar-refractivity contribution is 0.0953. The van der Waals surface area contributed by atoms with Gasteiger partial charge in [-0.3, -0.25) is 4.79 Å². The molecule has 1 amide bonds. The van der Waals surface area contributed by atoms with Crippen molar-refractivity contribution in [3.63, 3.8) is 0 Å². The summed E-state index contributed by atoms with van der Waals surface area (Å²) in [7, 11) is 0. The van der Waals surface area contributed by atoms with Crippen molar-refractivity contribution in [3.05, 3.63) is 84.4 Å². The number of benzene rings is 3. The Morgan fingerprint density at radius 2 is 1.14 bits per heavy atom. The second-order valence-electron chi connectivity index (χ2n) is 9.79. The highest BCUT2D eigenvalue weighted by atomic mass is 16.1. The van der Waals surface area contributed by atoms with E-state index in [2.05, 4.69) is 24.4 Å². The Bertz CT molecular complexity index is 1250. The average Bonchev–Trinajstić information content (AvgIpc) is 2.95. The molecule has 37 heavy (non-hydrogen) atoms. The number of carbonyl (C=O) groups is 1. The molecule has 1 N–H and O–H groups in total. The molecule has 0 bridgehead atoms. The Kier molecular flexibility index (Phi) is 10.2. The Hall–Kier alpha value is -3.53. The van der Waals surface area contributed by atoms with Crippen LogP contribution in [0.1, 0.15) is 81.5 Å². The number of aromatic nitrogens is 2. The van der Waals surface area contributed by atoms with E-state index in [9.17, 15) is 4.79 Å². The lowest BCUT2D eigenvalue weighted by Crippen LogP contribution is -2.24. The number of fused-ring (bicyclic) bond motifs is 1. The Morgan fingerprint density at radius 1 is 0.622 bits per heavy atom. The van der Waals surface area contributed by atoms with E-state index in [-0.39, 0.29) is 5.91 Å². The predicted molar refractivity (Wildman–Crippen MR) is 155 cm³/mol. The summed E-state index contributed by atoms with van der Waals surface area (Å²) in [5.74, 6) is -0.0481. The zero-order valence-electron chi connectivity index (χ0n) is 22.1. The fourth-order valence-corrected chi connectivity index (χ4v) is 4.71. The van der Waals surface area contributed by atoms with Crippen LogP contribution >= 0.6 is 0 Å². The number of unbranched alkanes of at least 4 members (excludes halogenated alkanes) is 9. The van der Waals surface area contributed by atoms with Crippen LogP contribution in [0.5, 0.6) is 0 Å². The fraction of sp³-hybridized carbons (Fsp3) is 0.364. The Labute approximate surface area is 221 Å². The molecule has 4 nitrogen and oxygen atoms in total. The van der Waals surface area contributed by atoms with Crippen LogP contribution in [0.2, 0.25) is 0 Å². The molecule has 0 spiro atoms. The summed E-state index contributed by atoms with van der Waals surface area (Å²) in [6.45, 7) is 2.97. The number of hydrogen-bond donors (Lipinski definition) is 1. The molecule has 1 heterocycles. The predicted octanol–water partition coefficient (Wildman–Crippen LogP) is 8.61. The standard InChI is InChI=1S/C33H39N3O/c1-2-3-4-5-6-7-8-9-10-17-24-34-33(37)28-22-23-29-30(25-28)36-32(27-20-15-12-16-21-27)31(35-29)26-18-13-11-14-19-26/h11-16,18-23,25H,2-10,17,24H2,1H3,(H,34,37). The molecule has 0 aliphatic heterocycles. The van der Waals surface area contributed by atoms with Crippen molar-refractivity contribution in [2.45, 2.75) is 71.1 Å². The molecule has 1 aromatic heterocycles. The summed E-state index contributed by atoms with van der Waals surface area (Å²) in [6.07, 6.45) is 12.9. The molecule has 0 radical (unpaired) electrons. The Morgan fingerprint density at radius 3 is 1.70 bits per heavy atom. The molecule has 0 atom stereocenters. The van der Waals surface area contributed by atoms with Crippen LogP contribution in [0.25, 0.3) is 33.5 Å². The number of rotatable bonds is 14. The van der Waals surface area contributed by atoms with Crippen LogP contribution in [-0.2, 0) is 0 Å². The molecule has 0 fully saturated rings. The van der Waals surface area contributed by atoms with Crippen molar-refractivity contribution in [1.29, 1.82) is 0 Å². The first kappa shape index (κ1) is 26.5. The second kappa shape index (κ2) is 14.3. The first-order chi connectivity index (χ1) is 18.3. The number of hydrogen-bond acceptors (Lipinski definition) is 3. The maximum atomic E-state index is 12.8. The molecule has 4 heteroatoms. The molecule has 0 aliphatic carbocycles. The molecule has 0 saturated heterocycles. The van der Waals surface area contributed by atoms with Crippen molar-refractivity contribution in [3.8, 4) is 22.5 Å². The molecule has 4 aromatic rings. The molecule has 192 valence electrons. The highest BCUT2D eigenvalue weighted by Gasteiger charge is 2.14. The SMILES string of the molecule is CCCCCCCCCCCCNC(=O)c1ccc2nc(-c3ccccc3)c(-c3ccccc3)nc2c1. The van der Waals surface area contributed by atoms with Crippen LogP contribution in [0, 0.1) is 0 Å². The minimum Gasteiger partial charge on any atom is -0.352 e. The zero-order valence-corrected chi connectivity index (χ0v) is 22.1. The third kappa shape index (κ3) is 7.72. The average molecular weight is 494 g/mol. The van der Waals surface area contributed by atoms with Crippen LogP contribution in [0.15, 0.2) is 78.9 Å². The van der Waals surface area contributed by atoms with Crippen molar-refractivity contribution in [2.24, 2.45) is 0 Å². The van der Waals surface area contributed by atoms with Gasteiger partial charge in [0.2, 0.25) is 0 Å². The molecule has 0 unspecified atom stereocenters. The Balaban J connectivity index is 1.37. The van der Waals surface area contributed by atoms with E-state index < -0.39 is 0 Å². The lowest BCUT2D eigenvalue weighted by atomic mass is 10.0. The van der Waals surface area contributed by atoms with Crippen LogP contribution in [0.3, 0.4) is 0 Å². The maximum Gasteiger partial charge on any atom is 0.251 e. The molecule has 0 aliphatic rings. The van der Waals surface area contributed by atoms with Gasteiger partial charge in [-0.25, -0.2) is 9.97 Å². The first-order valence-electron chi connectivity index (χ1n) is 14.0. The number of carbonyl (C=O) groups excluding carboxylic acids is 1. The van der Waals surface area contributed by atoms with Gasteiger partial charge in [-0.15, -0.1) is 0 Å². The van der Waals surface area contributed by atoms with Gasteiger partial charge >= 0.3 is 0 Å². The van der Waals surface area contributed by atoms with E-state index in [1.807, 2.05) is 66.7 Å². The van der Waals surface area contributed by atoms with Gasteiger partial charge in [0.25, 0.3) is 5.91 Å². The van der Waals surface area contributed by atoms with Crippen molar-refractivity contribution in [1.82, 2.24) is 15.3 Å². The van der Waals surface area contributed by atoms with Gasteiger partial charge in [0.1, 0.15) is 0 Å². The number of nitrogens with zero attached hydrogens (tertiary/aromatic N) is 2. The van der Waals surface area contributed by atoms with Gasteiger partial charge in [-0.2, -0.15) is 0 Å². The topological polar surface area (TPSA) is 54.9 Å². The van der Waals surface area contributed by atoms with Gasteiger partial charge in [-0.05, 0) is 24.6 Å². The summed E-state index contributed by atoms with van der Waals surface area (Å²) in [4.78, 5) is 22.8. The van der Waals surface area contributed by atoms with Gasteiger partial charge in [0.05, 0.1) is 22.4 Å². The lowest BCUT2D eigenvalue weighted by Gasteiger charge is -2.11. The molecular formula is C33H39N3O. The summed E-state index contributed by atoms with van der Waals surface area (Å²) < 4.78 is 0. The smallest absolute Gasteiger partial charge is 0.251 e.